The van der Waals surface area contributed by atoms with Gasteiger partial charge in [-0.15, -0.1) is 0 Å². The van der Waals surface area contributed by atoms with Gasteiger partial charge in [-0.3, -0.25) is 20.4 Å². The van der Waals surface area contributed by atoms with E-state index in [-0.39, 0.29) is 11.8 Å². The lowest BCUT2D eigenvalue weighted by Gasteiger charge is -2.22. The molecule has 6 heteroatoms. The predicted molar refractivity (Wildman–Crippen MR) is 95.0 cm³/mol. The summed E-state index contributed by atoms with van der Waals surface area (Å²) in [6.45, 7) is 8.55. The second-order valence-corrected chi connectivity index (χ2v) is 6.21. The molecule has 2 amide bonds. The highest BCUT2D eigenvalue weighted by molar-refractivity contribution is 5.95. The fraction of sp³-hybridized carbons (Fsp3) is 0.556. The van der Waals surface area contributed by atoms with Crippen molar-refractivity contribution >= 4 is 17.5 Å². The van der Waals surface area contributed by atoms with Gasteiger partial charge in [-0.1, -0.05) is 0 Å². The van der Waals surface area contributed by atoms with E-state index < -0.39 is 0 Å². The summed E-state index contributed by atoms with van der Waals surface area (Å²) < 4.78 is 0. The number of quaternary nitrogens is 1. The molecule has 0 radical (unpaired) electrons. The van der Waals surface area contributed by atoms with Gasteiger partial charge in [0.15, 0.2) is 6.54 Å². The molecule has 0 aromatic heterocycles. The summed E-state index contributed by atoms with van der Waals surface area (Å²) in [7, 11) is 0. The number of anilines is 1. The van der Waals surface area contributed by atoms with Crippen molar-refractivity contribution in [2.45, 2.75) is 33.1 Å². The van der Waals surface area contributed by atoms with Crippen molar-refractivity contribution in [1.82, 2.24) is 10.9 Å². The summed E-state index contributed by atoms with van der Waals surface area (Å²) >= 11 is 0. The van der Waals surface area contributed by atoms with E-state index in [0.29, 0.717) is 12.1 Å². The number of hydrazine groups is 1. The molecular weight excluding hydrogens is 304 g/mol. The van der Waals surface area contributed by atoms with Gasteiger partial charge in [0.25, 0.3) is 11.8 Å². The SMILES string of the molecule is CCN(CC)c1ccc(C(=O)NNC(=O)C[NH+]2CCCCC2)cc1. The van der Waals surface area contributed by atoms with E-state index in [0.717, 1.165) is 31.9 Å². The molecule has 6 nitrogen and oxygen atoms in total. The number of carbonyl (C=O) groups excluding carboxylic acids is 2. The zero-order chi connectivity index (χ0) is 17.4. The molecule has 1 aliphatic rings. The minimum Gasteiger partial charge on any atom is -0.372 e. The van der Waals surface area contributed by atoms with Crippen LogP contribution in [-0.4, -0.2) is 44.5 Å². The van der Waals surface area contributed by atoms with Crippen LogP contribution in [0.5, 0.6) is 0 Å². The molecule has 1 aromatic rings. The first-order chi connectivity index (χ1) is 11.6. The molecule has 132 valence electrons. The predicted octanol–water partition coefficient (Wildman–Crippen LogP) is 0.363. The van der Waals surface area contributed by atoms with Crippen LogP contribution in [0, 0.1) is 0 Å². The van der Waals surface area contributed by atoms with Gasteiger partial charge >= 0.3 is 0 Å². The van der Waals surface area contributed by atoms with E-state index >= 15 is 0 Å². The van der Waals surface area contributed by atoms with E-state index in [1.165, 1.54) is 24.2 Å². The van der Waals surface area contributed by atoms with Crippen molar-refractivity contribution in [2.24, 2.45) is 0 Å². The molecule has 1 aliphatic heterocycles. The van der Waals surface area contributed by atoms with Gasteiger partial charge in [-0.25, -0.2) is 0 Å². The minimum atomic E-state index is -0.289. The number of likely N-dealkylation sites (tertiary alicyclic amines) is 1. The normalized spacial score (nSPS) is 14.9. The van der Waals surface area contributed by atoms with E-state index in [4.69, 9.17) is 0 Å². The molecule has 2 rings (SSSR count). The first kappa shape index (κ1) is 18.3. The minimum absolute atomic E-state index is 0.139. The number of nitrogens with zero attached hydrogens (tertiary/aromatic N) is 1. The number of carbonyl (C=O) groups is 2. The van der Waals surface area contributed by atoms with Crippen LogP contribution in [0.4, 0.5) is 5.69 Å². The molecule has 0 atom stereocenters. The summed E-state index contributed by atoms with van der Waals surface area (Å²) in [5.41, 5.74) is 6.65. The fourth-order valence-electron chi connectivity index (χ4n) is 3.11. The van der Waals surface area contributed by atoms with Crippen molar-refractivity contribution in [3.63, 3.8) is 0 Å². The van der Waals surface area contributed by atoms with Crippen LogP contribution in [0.2, 0.25) is 0 Å². The molecule has 0 unspecified atom stereocenters. The number of hydrogen-bond acceptors (Lipinski definition) is 3. The van der Waals surface area contributed by atoms with Gasteiger partial charge in [0, 0.05) is 24.3 Å². The molecule has 0 saturated carbocycles. The third-order valence-corrected chi connectivity index (χ3v) is 4.54. The van der Waals surface area contributed by atoms with Gasteiger partial charge in [0.05, 0.1) is 13.1 Å². The van der Waals surface area contributed by atoms with Crippen LogP contribution in [0.3, 0.4) is 0 Å². The average molecular weight is 333 g/mol. The molecule has 0 aliphatic carbocycles. The maximum Gasteiger partial charge on any atom is 0.293 e. The first-order valence-corrected chi connectivity index (χ1v) is 8.91. The van der Waals surface area contributed by atoms with Crippen LogP contribution in [0.1, 0.15) is 43.5 Å². The third-order valence-electron chi connectivity index (χ3n) is 4.54. The van der Waals surface area contributed by atoms with Gasteiger partial charge in [-0.2, -0.15) is 0 Å². The van der Waals surface area contributed by atoms with Crippen LogP contribution in [0.25, 0.3) is 0 Å². The molecular formula is C18H29N4O2+. The Morgan fingerprint density at radius 2 is 1.62 bits per heavy atom. The number of piperidine rings is 1. The van der Waals surface area contributed by atoms with E-state index in [2.05, 4.69) is 29.6 Å². The monoisotopic (exact) mass is 333 g/mol. The maximum atomic E-state index is 12.1. The Morgan fingerprint density at radius 1 is 1.00 bits per heavy atom. The van der Waals surface area contributed by atoms with Crippen LogP contribution in [0.15, 0.2) is 24.3 Å². The Labute approximate surface area is 144 Å². The number of benzene rings is 1. The molecule has 1 aromatic carbocycles. The lowest BCUT2D eigenvalue weighted by Crippen LogP contribution is -3.14. The molecule has 0 spiro atoms. The smallest absolute Gasteiger partial charge is 0.293 e. The summed E-state index contributed by atoms with van der Waals surface area (Å²) in [6.07, 6.45) is 3.60. The third kappa shape index (κ3) is 5.23. The maximum absolute atomic E-state index is 12.1. The van der Waals surface area contributed by atoms with Crippen LogP contribution >= 0.6 is 0 Å². The summed E-state index contributed by atoms with van der Waals surface area (Å²) in [5, 5.41) is 0. The first-order valence-electron chi connectivity index (χ1n) is 8.91. The number of amides is 2. The number of hydrogen-bond donors (Lipinski definition) is 3. The average Bonchev–Trinajstić information content (AvgIpc) is 2.62. The second kappa shape index (κ2) is 9.27. The van der Waals surface area contributed by atoms with Crippen molar-refractivity contribution < 1.29 is 14.5 Å². The second-order valence-electron chi connectivity index (χ2n) is 6.21. The molecule has 1 fully saturated rings. The Kier molecular flexibility index (Phi) is 7.06. The molecule has 0 bridgehead atoms. The van der Waals surface area contributed by atoms with E-state index in [1.54, 1.807) is 12.1 Å². The molecule has 24 heavy (non-hydrogen) atoms. The van der Waals surface area contributed by atoms with Crippen LogP contribution in [-0.2, 0) is 4.79 Å². The van der Waals surface area contributed by atoms with Crippen molar-refractivity contribution in [3.8, 4) is 0 Å². The lowest BCUT2D eigenvalue weighted by atomic mass is 10.1. The van der Waals surface area contributed by atoms with Gasteiger partial charge < -0.3 is 9.80 Å². The standard InChI is InChI=1S/C18H28N4O2/c1-3-22(4-2)16-10-8-15(9-11-16)18(24)20-19-17(23)14-21-12-6-5-7-13-21/h8-11H,3-7,12-14H2,1-2H3,(H,19,23)(H,20,24)/p+1. The van der Waals surface area contributed by atoms with Crippen molar-refractivity contribution in [1.29, 1.82) is 0 Å². The number of nitrogens with one attached hydrogen (secondary N) is 3. The van der Waals surface area contributed by atoms with Gasteiger partial charge in [-0.05, 0) is 57.4 Å². The summed E-state index contributed by atoms with van der Waals surface area (Å²) in [6, 6.07) is 7.43. The highest BCUT2D eigenvalue weighted by Gasteiger charge is 2.17. The zero-order valence-corrected chi connectivity index (χ0v) is 14.7. The Bertz CT molecular complexity index is 534. The van der Waals surface area contributed by atoms with Crippen molar-refractivity contribution in [2.75, 3.05) is 37.6 Å². The largest absolute Gasteiger partial charge is 0.372 e. The topological polar surface area (TPSA) is 65.9 Å². The fourth-order valence-corrected chi connectivity index (χ4v) is 3.11. The van der Waals surface area contributed by atoms with E-state index in [1.807, 2.05) is 12.1 Å². The molecule has 1 heterocycles. The summed E-state index contributed by atoms with van der Waals surface area (Å²) in [5.74, 6) is -0.428. The highest BCUT2D eigenvalue weighted by Crippen LogP contribution is 2.14. The lowest BCUT2D eigenvalue weighted by molar-refractivity contribution is -0.896. The van der Waals surface area contributed by atoms with Gasteiger partial charge in [0.2, 0.25) is 0 Å². The van der Waals surface area contributed by atoms with E-state index in [9.17, 15) is 9.59 Å². The Balaban J connectivity index is 1.80. The molecule has 1 saturated heterocycles. The Morgan fingerprint density at radius 3 is 2.21 bits per heavy atom. The highest BCUT2D eigenvalue weighted by atomic mass is 16.2. The summed E-state index contributed by atoms with van der Waals surface area (Å²) in [4.78, 5) is 27.5. The van der Waals surface area contributed by atoms with Gasteiger partial charge in [0.1, 0.15) is 0 Å². The molecule has 3 N–H and O–H groups in total. The zero-order valence-electron chi connectivity index (χ0n) is 14.7. The quantitative estimate of drug-likeness (QED) is 0.659. The van der Waals surface area contributed by atoms with Crippen LogP contribution < -0.4 is 20.7 Å². The van der Waals surface area contributed by atoms with Crippen molar-refractivity contribution in [3.05, 3.63) is 29.8 Å². The Hall–Kier alpha value is -2.08. The number of rotatable bonds is 6.